The third kappa shape index (κ3) is 6.27. The van der Waals surface area contributed by atoms with Gasteiger partial charge in [0, 0.05) is 31.9 Å². The van der Waals surface area contributed by atoms with Gasteiger partial charge >= 0.3 is 0 Å². The van der Waals surface area contributed by atoms with Crippen LogP contribution in [-0.4, -0.2) is 32.8 Å². The first-order valence-electron chi connectivity index (χ1n) is 9.08. The molecule has 3 nitrogen and oxygen atoms in total. The van der Waals surface area contributed by atoms with Gasteiger partial charge in [0.05, 0.1) is 6.61 Å². The summed E-state index contributed by atoms with van der Waals surface area (Å²) in [6, 6.07) is 8.59. The lowest BCUT2D eigenvalue weighted by Gasteiger charge is -2.29. The van der Waals surface area contributed by atoms with E-state index in [-0.39, 0.29) is 0 Å². The van der Waals surface area contributed by atoms with Gasteiger partial charge in [-0.25, -0.2) is 0 Å². The number of rotatable bonds is 10. The summed E-state index contributed by atoms with van der Waals surface area (Å²) in [5.74, 6) is 1.00. The van der Waals surface area contributed by atoms with Gasteiger partial charge in [0.15, 0.2) is 0 Å². The van der Waals surface area contributed by atoms with Gasteiger partial charge in [-0.1, -0.05) is 45.4 Å². The molecule has 3 heteroatoms. The Hall–Kier alpha value is -1.22. The number of hydrogen-bond acceptors (Lipinski definition) is 3. The van der Waals surface area contributed by atoms with E-state index in [0.29, 0.717) is 0 Å². The third-order valence-corrected chi connectivity index (χ3v) is 4.34. The normalized spacial score (nSPS) is 15.0. The van der Waals surface area contributed by atoms with Crippen molar-refractivity contribution in [2.24, 2.45) is 0 Å². The average Bonchev–Trinajstić information content (AvgIpc) is 2.59. The van der Waals surface area contributed by atoms with Crippen molar-refractivity contribution >= 4 is 5.69 Å². The lowest BCUT2D eigenvalue weighted by molar-refractivity contribution is 0.304. The van der Waals surface area contributed by atoms with E-state index < -0.39 is 0 Å². The average molecular weight is 304 g/mol. The second-order valence-corrected chi connectivity index (χ2v) is 6.20. The number of benzene rings is 1. The maximum Gasteiger partial charge on any atom is 0.119 e. The molecule has 22 heavy (non-hydrogen) atoms. The number of nitrogens with one attached hydrogen (secondary N) is 1. The lowest BCUT2D eigenvalue weighted by Crippen LogP contribution is -2.43. The molecule has 0 radical (unpaired) electrons. The molecule has 1 N–H and O–H groups in total. The van der Waals surface area contributed by atoms with E-state index in [0.717, 1.165) is 38.5 Å². The largest absolute Gasteiger partial charge is 0.494 e. The third-order valence-electron chi connectivity index (χ3n) is 4.34. The van der Waals surface area contributed by atoms with Crippen molar-refractivity contribution in [2.75, 3.05) is 37.7 Å². The van der Waals surface area contributed by atoms with Crippen LogP contribution >= 0.6 is 0 Å². The van der Waals surface area contributed by atoms with Crippen LogP contribution in [0.2, 0.25) is 0 Å². The van der Waals surface area contributed by atoms with E-state index in [9.17, 15) is 0 Å². The summed E-state index contributed by atoms with van der Waals surface area (Å²) in [6.07, 6.45) is 9.31. The Morgan fingerprint density at radius 3 is 2.23 bits per heavy atom. The van der Waals surface area contributed by atoms with Crippen LogP contribution in [0.15, 0.2) is 24.3 Å². The van der Waals surface area contributed by atoms with Crippen LogP contribution in [0.1, 0.15) is 51.9 Å². The van der Waals surface area contributed by atoms with Crippen LogP contribution in [0.25, 0.3) is 0 Å². The van der Waals surface area contributed by atoms with Crippen LogP contribution in [-0.2, 0) is 0 Å². The Morgan fingerprint density at radius 2 is 1.55 bits per heavy atom. The molecule has 0 atom stereocenters. The first-order valence-corrected chi connectivity index (χ1v) is 9.08. The number of hydrogen-bond donors (Lipinski definition) is 1. The first kappa shape index (κ1) is 17.1. The van der Waals surface area contributed by atoms with Crippen molar-refractivity contribution in [1.82, 2.24) is 5.32 Å². The van der Waals surface area contributed by atoms with Crippen molar-refractivity contribution in [2.45, 2.75) is 51.9 Å². The van der Waals surface area contributed by atoms with Gasteiger partial charge in [0.25, 0.3) is 0 Å². The Morgan fingerprint density at radius 1 is 0.909 bits per heavy atom. The molecule has 1 heterocycles. The SMILES string of the molecule is CCCCCCCCCOc1ccc(N2CCNCC2)cc1. The van der Waals surface area contributed by atoms with Gasteiger partial charge in [0.1, 0.15) is 5.75 Å². The van der Waals surface area contributed by atoms with Crippen LogP contribution in [0.4, 0.5) is 5.69 Å². The molecule has 0 amide bonds. The number of ether oxygens (including phenoxy) is 1. The fourth-order valence-corrected chi connectivity index (χ4v) is 2.93. The molecule has 1 aliphatic heterocycles. The molecule has 1 aliphatic rings. The van der Waals surface area contributed by atoms with E-state index in [1.807, 2.05) is 0 Å². The second kappa shape index (κ2) is 10.5. The van der Waals surface area contributed by atoms with E-state index in [1.165, 1.54) is 50.6 Å². The highest BCUT2D eigenvalue weighted by Gasteiger charge is 2.09. The molecule has 2 rings (SSSR count). The molecule has 0 bridgehead atoms. The summed E-state index contributed by atoms with van der Waals surface area (Å²) in [7, 11) is 0. The van der Waals surface area contributed by atoms with Gasteiger partial charge in [-0.3, -0.25) is 0 Å². The molecule has 0 aromatic heterocycles. The minimum atomic E-state index is 0.848. The fourth-order valence-electron chi connectivity index (χ4n) is 2.93. The van der Waals surface area contributed by atoms with Crippen molar-refractivity contribution in [3.8, 4) is 5.75 Å². The molecule has 1 saturated heterocycles. The molecule has 0 aliphatic carbocycles. The number of nitrogens with zero attached hydrogens (tertiary/aromatic N) is 1. The standard InChI is InChI=1S/C19H32N2O/c1-2-3-4-5-6-7-8-17-22-19-11-9-18(10-12-19)21-15-13-20-14-16-21/h9-12,20H,2-8,13-17H2,1H3. The molecule has 1 fully saturated rings. The zero-order valence-electron chi connectivity index (χ0n) is 14.2. The molecular weight excluding hydrogens is 272 g/mol. The fraction of sp³-hybridized carbons (Fsp3) is 0.684. The van der Waals surface area contributed by atoms with Crippen LogP contribution in [0.3, 0.4) is 0 Å². The van der Waals surface area contributed by atoms with Crippen LogP contribution < -0.4 is 15.0 Å². The topological polar surface area (TPSA) is 24.5 Å². The zero-order chi connectivity index (χ0) is 15.5. The van der Waals surface area contributed by atoms with Crippen molar-refractivity contribution in [1.29, 1.82) is 0 Å². The number of anilines is 1. The highest BCUT2D eigenvalue weighted by atomic mass is 16.5. The second-order valence-electron chi connectivity index (χ2n) is 6.20. The van der Waals surface area contributed by atoms with Gasteiger partial charge in [-0.2, -0.15) is 0 Å². The Kier molecular flexibility index (Phi) is 8.18. The quantitative estimate of drug-likeness (QED) is 0.655. The van der Waals surface area contributed by atoms with Crippen molar-refractivity contribution in [3.63, 3.8) is 0 Å². The monoisotopic (exact) mass is 304 g/mol. The van der Waals surface area contributed by atoms with Gasteiger partial charge < -0.3 is 15.0 Å². The smallest absolute Gasteiger partial charge is 0.119 e. The Balaban J connectivity index is 1.58. The maximum absolute atomic E-state index is 5.85. The summed E-state index contributed by atoms with van der Waals surface area (Å²) >= 11 is 0. The van der Waals surface area contributed by atoms with E-state index in [4.69, 9.17) is 4.74 Å². The highest BCUT2D eigenvalue weighted by Crippen LogP contribution is 2.20. The summed E-state index contributed by atoms with van der Waals surface area (Å²) in [4.78, 5) is 2.43. The van der Waals surface area contributed by atoms with Gasteiger partial charge in [-0.15, -0.1) is 0 Å². The van der Waals surface area contributed by atoms with E-state index in [1.54, 1.807) is 0 Å². The van der Waals surface area contributed by atoms with Crippen molar-refractivity contribution in [3.05, 3.63) is 24.3 Å². The minimum absolute atomic E-state index is 0.848. The summed E-state index contributed by atoms with van der Waals surface area (Å²) in [5, 5.41) is 3.39. The molecule has 0 unspecified atom stereocenters. The zero-order valence-corrected chi connectivity index (χ0v) is 14.2. The molecule has 0 spiro atoms. The summed E-state index contributed by atoms with van der Waals surface area (Å²) in [5.41, 5.74) is 1.31. The first-order chi connectivity index (χ1) is 10.9. The van der Waals surface area contributed by atoms with Gasteiger partial charge in [-0.05, 0) is 30.7 Å². The highest BCUT2D eigenvalue weighted by molar-refractivity contribution is 5.49. The lowest BCUT2D eigenvalue weighted by atomic mass is 10.1. The molecule has 1 aromatic rings. The van der Waals surface area contributed by atoms with E-state index >= 15 is 0 Å². The van der Waals surface area contributed by atoms with Crippen LogP contribution in [0, 0.1) is 0 Å². The van der Waals surface area contributed by atoms with Crippen LogP contribution in [0.5, 0.6) is 5.75 Å². The summed E-state index contributed by atoms with van der Waals surface area (Å²) < 4.78 is 5.85. The predicted molar refractivity (Wildman–Crippen MR) is 95.0 cm³/mol. The number of piperazine rings is 1. The molecular formula is C19H32N2O. The molecule has 0 saturated carbocycles. The molecule has 124 valence electrons. The number of unbranched alkanes of at least 4 members (excludes halogenated alkanes) is 6. The van der Waals surface area contributed by atoms with E-state index in [2.05, 4.69) is 41.4 Å². The van der Waals surface area contributed by atoms with Gasteiger partial charge in [0.2, 0.25) is 0 Å². The Labute approximate surface area is 136 Å². The maximum atomic E-state index is 5.85. The predicted octanol–water partition coefficient (Wildman–Crippen LogP) is 4.23. The summed E-state index contributed by atoms with van der Waals surface area (Å²) in [6.45, 7) is 7.46. The molecule has 1 aromatic carbocycles. The van der Waals surface area contributed by atoms with Crippen molar-refractivity contribution < 1.29 is 4.74 Å². The Bertz CT molecular complexity index is 385. The minimum Gasteiger partial charge on any atom is -0.494 e.